The van der Waals surface area contributed by atoms with Crippen LogP contribution in [0.15, 0.2) is 24.3 Å². The quantitative estimate of drug-likeness (QED) is 0.0505. The summed E-state index contributed by atoms with van der Waals surface area (Å²) in [7, 11) is -0.0358. The predicted molar refractivity (Wildman–Crippen MR) is 218 cm³/mol. The van der Waals surface area contributed by atoms with Gasteiger partial charge in [-0.05, 0) is 101 Å². The second-order valence-electron chi connectivity index (χ2n) is 17.4. The fraction of sp³-hybridized carbons (Fsp3) is 0.756. The van der Waals surface area contributed by atoms with Crippen molar-refractivity contribution in [3.8, 4) is 5.75 Å². The number of methoxy groups -OCH3 is 1. The molecule has 0 aliphatic carbocycles. The van der Waals surface area contributed by atoms with Gasteiger partial charge in [0, 0.05) is 44.6 Å². The summed E-state index contributed by atoms with van der Waals surface area (Å²) in [4.78, 5) is 52.5. The smallest absolute Gasteiger partial charge is 0.407 e. The number of amides is 4. The minimum atomic E-state index is -1.70. The Hall–Kier alpha value is -3.16. The Balaban J connectivity index is 3.60. The van der Waals surface area contributed by atoms with Gasteiger partial charge in [-0.25, -0.2) is 4.79 Å². The summed E-state index contributed by atoms with van der Waals surface area (Å²) >= 11 is 0. The molecule has 0 aromatic heterocycles. The van der Waals surface area contributed by atoms with Crippen molar-refractivity contribution in [3.05, 3.63) is 29.8 Å². The molecular weight excluding hydrogens is 705 g/mol. The Kier molecular flexibility index (Phi) is 21.4. The standard InChI is InChI=1S/C41H74N4O8Si/c1-27(2)30(36(47)43-22-18-21-35(42)46)25-32(40(5,6)7)33(44-39(49)52-41(8,9)10)26-31(28(3)4)38(53-54(12)13)45-37(48)29-19-14-15-20-34(29)51-24-17-16-23-50-11/h14-15,19-20,27-28,30-33,38,54H,16-18,21-26H2,1-13H3,(H2,42,46)(H,43,47)(H,44,49)(H,45,48)/t30-,31-,32+,33-,38?/m0/s1. The maximum absolute atomic E-state index is 14.0. The minimum Gasteiger partial charge on any atom is -0.493 e. The fourth-order valence-electron chi connectivity index (χ4n) is 6.56. The highest BCUT2D eigenvalue weighted by Gasteiger charge is 2.41. The van der Waals surface area contributed by atoms with E-state index in [0.717, 1.165) is 12.8 Å². The predicted octanol–water partition coefficient (Wildman–Crippen LogP) is 6.81. The molecule has 0 aliphatic rings. The van der Waals surface area contributed by atoms with Crippen LogP contribution < -0.4 is 26.4 Å². The highest BCUT2D eigenvalue weighted by Crippen LogP contribution is 2.40. The van der Waals surface area contributed by atoms with Gasteiger partial charge >= 0.3 is 6.09 Å². The Morgan fingerprint density at radius 3 is 2.02 bits per heavy atom. The van der Waals surface area contributed by atoms with Gasteiger partial charge in [0.2, 0.25) is 11.8 Å². The number of unbranched alkanes of at least 4 members (excludes halogenated alkanes) is 1. The van der Waals surface area contributed by atoms with Crippen molar-refractivity contribution in [1.82, 2.24) is 16.0 Å². The molecule has 0 fully saturated rings. The van der Waals surface area contributed by atoms with Gasteiger partial charge in [0.05, 0.1) is 12.2 Å². The average molecular weight is 779 g/mol. The number of benzene rings is 1. The zero-order chi connectivity index (χ0) is 41.2. The lowest BCUT2D eigenvalue weighted by molar-refractivity contribution is -0.127. The minimum absolute atomic E-state index is 0.00126. The van der Waals surface area contributed by atoms with Crippen molar-refractivity contribution < 1.29 is 37.8 Å². The molecule has 5 atom stereocenters. The number of ether oxygens (including phenoxy) is 3. The van der Waals surface area contributed by atoms with Gasteiger partial charge in [-0.2, -0.15) is 0 Å². The third-order valence-corrected chi connectivity index (χ3v) is 10.3. The lowest BCUT2D eigenvalue weighted by atomic mass is 9.67. The van der Waals surface area contributed by atoms with Crippen LogP contribution in [0, 0.1) is 35.0 Å². The molecule has 0 heterocycles. The molecule has 1 unspecified atom stereocenters. The number of primary amides is 1. The van der Waals surface area contributed by atoms with Crippen LogP contribution in [0.4, 0.5) is 4.79 Å². The SMILES string of the molecule is COCCCCOc1ccccc1C(=O)NC(O[SiH](C)C)[C@@H](C[C@H](NC(=O)OC(C)(C)C)[C@@H](C[C@H](C(=O)NCCCC(N)=O)C(C)C)C(C)(C)C)C(C)C. The number of para-hydroxylation sites is 1. The topological polar surface area (TPSA) is 167 Å². The molecular formula is C41H74N4O8Si. The number of nitrogens with one attached hydrogen (secondary N) is 3. The second-order valence-corrected chi connectivity index (χ2v) is 19.8. The summed E-state index contributed by atoms with van der Waals surface area (Å²) in [6, 6.07) is 6.76. The first-order valence-electron chi connectivity index (χ1n) is 19.8. The summed E-state index contributed by atoms with van der Waals surface area (Å²) in [5, 5.41) is 9.45. The molecule has 0 radical (unpaired) electrons. The van der Waals surface area contributed by atoms with Gasteiger partial charge in [-0.1, -0.05) is 60.6 Å². The summed E-state index contributed by atoms with van der Waals surface area (Å²) in [6.07, 6.45) is 2.04. The van der Waals surface area contributed by atoms with E-state index >= 15 is 0 Å². The van der Waals surface area contributed by atoms with Gasteiger partial charge in [0.25, 0.3) is 5.91 Å². The molecule has 1 rings (SSSR count). The van der Waals surface area contributed by atoms with Gasteiger partial charge in [0.1, 0.15) is 17.6 Å². The maximum Gasteiger partial charge on any atom is 0.407 e. The molecule has 12 nitrogen and oxygen atoms in total. The van der Waals surface area contributed by atoms with Crippen LogP contribution in [0.2, 0.25) is 13.1 Å². The van der Waals surface area contributed by atoms with E-state index in [4.69, 9.17) is 24.4 Å². The van der Waals surface area contributed by atoms with E-state index in [-0.39, 0.29) is 53.2 Å². The zero-order valence-electron chi connectivity index (χ0n) is 35.6. The molecule has 0 bridgehead atoms. The number of carbonyl (C=O) groups is 4. The van der Waals surface area contributed by atoms with E-state index in [0.29, 0.717) is 50.3 Å². The fourth-order valence-corrected chi connectivity index (χ4v) is 7.41. The van der Waals surface area contributed by atoms with Crippen molar-refractivity contribution in [2.24, 2.45) is 40.7 Å². The Morgan fingerprint density at radius 1 is 0.852 bits per heavy atom. The molecule has 0 saturated heterocycles. The van der Waals surface area contributed by atoms with Crippen LogP contribution in [-0.4, -0.2) is 77.6 Å². The normalized spacial score (nSPS) is 15.0. The second kappa shape index (κ2) is 23.7. The largest absolute Gasteiger partial charge is 0.493 e. The van der Waals surface area contributed by atoms with Crippen molar-refractivity contribution in [3.63, 3.8) is 0 Å². The van der Waals surface area contributed by atoms with Crippen LogP contribution in [-0.2, 0) is 23.5 Å². The number of carbonyl (C=O) groups excluding carboxylic acids is 4. The van der Waals surface area contributed by atoms with E-state index in [1.165, 1.54) is 0 Å². The molecule has 4 amide bonds. The van der Waals surface area contributed by atoms with Crippen molar-refractivity contribution in [2.45, 2.75) is 139 Å². The molecule has 0 saturated carbocycles. The first-order valence-corrected chi connectivity index (χ1v) is 22.6. The summed E-state index contributed by atoms with van der Waals surface area (Å²) in [6.45, 7) is 25.7. The molecule has 310 valence electrons. The van der Waals surface area contributed by atoms with Crippen LogP contribution in [0.25, 0.3) is 0 Å². The highest BCUT2D eigenvalue weighted by atomic mass is 28.3. The third kappa shape index (κ3) is 18.9. The first-order chi connectivity index (χ1) is 25.1. The van der Waals surface area contributed by atoms with E-state index in [2.05, 4.69) is 63.7 Å². The van der Waals surface area contributed by atoms with Crippen molar-refractivity contribution in [2.75, 3.05) is 26.9 Å². The van der Waals surface area contributed by atoms with Gasteiger partial charge in [-0.15, -0.1) is 0 Å². The van der Waals surface area contributed by atoms with E-state index in [9.17, 15) is 19.2 Å². The Morgan fingerprint density at radius 2 is 1.48 bits per heavy atom. The highest BCUT2D eigenvalue weighted by molar-refractivity contribution is 6.48. The lowest BCUT2D eigenvalue weighted by Crippen LogP contribution is -2.53. The van der Waals surface area contributed by atoms with E-state index in [1.54, 1.807) is 19.2 Å². The molecule has 0 spiro atoms. The first kappa shape index (κ1) is 48.9. The number of alkyl carbamates (subject to hydrolysis) is 1. The third-order valence-electron chi connectivity index (χ3n) is 9.44. The molecule has 1 aromatic carbocycles. The van der Waals surface area contributed by atoms with Crippen LogP contribution >= 0.6 is 0 Å². The van der Waals surface area contributed by atoms with Gasteiger partial charge in [-0.3, -0.25) is 14.4 Å². The van der Waals surface area contributed by atoms with Crippen molar-refractivity contribution in [1.29, 1.82) is 0 Å². The molecule has 1 aromatic rings. The molecule has 5 N–H and O–H groups in total. The molecule has 13 heteroatoms. The average Bonchev–Trinajstić information content (AvgIpc) is 3.03. The summed E-state index contributed by atoms with van der Waals surface area (Å²) in [5.41, 5.74) is 4.65. The van der Waals surface area contributed by atoms with Gasteiger partial charge < -0.3 is 40.3 Å². The van der Waals surface area contributed by atoms with E-state index in [1.807, 2.05) is 46.8 Å². The van der Waals surface area contributed by atoms with Crippen molar-refractivity contribution >= 4 is 32.9 Å². The van der Waals surface area contributed by atoms with Crippen LogP contribution in [0.5, 0.6) is 5.75 Å². The van der Waals surface area contributed by atoms with Crippen LogP contribution in [0.1, 0.15) is 118 Å². The summed E-state index contributed by atoms with van der Waals surface area (Å²) < 4.78 is 23.6. The number of rotatable bonds is 24. The maximum atomic E-state index is 14.0. The number of nitrogens with two attached hydrogens (primary N) is 1. The van der Waals surface area contributed by atoms with Gasteiger partial charge in [0.15, 0.2) is 9.04 Å². The molecule has 0 aliphatic heterocycles. The number of hydrogen-bond acceptors (Lipinski definition) is 8. The Labute approximate surface area is 327 Å². The Bertz CT molecular complexity index is 1290. The lowest BCUT2D eigenvalue weighted by Gasteiger charge is -2.43. The number of hydrogen-bond donors (Lipinski definition) is 4. The van der Waals surface area contributed by atoms with Crippen LogP contribution in [0.3, 0.4) is 0 Å². The molecule has 54 heavy (non-hydrogen) atoms. The van der Waals surface area contributed by atoms with E-state index < -0.39 is 38.9 Å². The monoisotopic (exact) mass is 779 g/mol. The zero-order valence-corrected chi connectivity index (χ0v) is 36.8. The summed E-state index contributed by atoms with van der Waals surface area (Å²) in [5.74, 6) is -1.05.